The Kier molecular flexibility index (Phi) is 6.69. The Morgan fingerprint density at radius 1 is 1.17 bits per heavy atom. The molecular weight excluding hydrogens is 226 g/mol. The summed E-state index contributed by atoms with van der Waals surface area (Å²) in [4.78, 5) is 13.3. The van der Waals surface area contributed by atoms with Gasteiger partial charge >= 0.3 is 5.97 Å². The Hall–Kier alpha value is -0.570. The maximum atomic E-state index is 10.8. The first-order chi connectivity index (χ1) is 8.65. The van der Waals surface area contributed by atoms with Crippen molar-refractivity contribution in [3.8, 4) is 0 Å². The summed E-state index contributed by atoms with van der Waals surface area (Å²) in [6.07, 6.45) is 5.82. The van der Waals surface area contributed by atoms with E-state index in [1.807, 2.05) is 13.8 Å². The van der Waals surface area contributed by atoms with Crippen LogP contribution in [0.15, 0.2) is 0 Å². The molecule has 1 saturated carbocycles. The van der Waals surface area contributed by atoms with Gasteiger partial charge in [-0.05, 0) is 50.6 Å². The van der Waals surface area contributed by atoms with Crippen LogP contribution in [-0.4, -0.2) is 35.6 Å². The summed E-state index contributed by atoms with van der Waals surface area (Å²) < 4.78 is 0. The van der Waals surface area contributed by atoms with Gasteiger partial charge in [-0.2, -0.15) is 0 Å². The van der Waals surface area contributed by atoms with E-state index in [0.717, 1.165) is 37.8 Å². The second-order valence-corrected chi connectivity index (χ2v) is 5.70. The summed E-state index contributed by atoms with van der Waals surface area (Å²) in [5, 5.41) is 8.92. The van der Waals surface area contributed by atoms with Crippen LogP contribution >= 0.6 is 0 Å². The Morgan fingerprint density at radius 3 is 2.22 bits per heavy atom. The second kappa shape index (κ2) is 7.78. The maximum absolute atomic E-state index is 10.8. The number of carbonyl (C=O) groups is 1. The lowest BCUT2D eigenvalue weighted by molar-refractivity contribution is -0.143. The number of carboxylic acids is 1. The lowest BCUT2D eigenvalue weighted by Gasteiger charge is -2.31. The summed E-state index contributed by atoms with van der Waals surface area (Å²) in [7, 11) is 0. The van der Waals surface area contributed by atoms with E-state index in [9.17, 15) is 4.79 Å². The van der Waals surface area contributed by atoms with Crippen LogP contribution in [0.4, 0.5) is 0 Å². The third kappa shape index (κ3) is 4.60. The van der Waals surface area contributed by atoms with Gasteiger partial charge in [-0.1, -0.05) is 27.2 Å². The monoisotopic (exact) mass is 255 g/mol. The topological polar surface area (TPSA) is 40.5 Å². The van der Waals surface area contributed by atoms with Gasteiger partial charge in [-0.15, -0.1) is 0 Å². The quantitative estimate of drug-likeness (QED) is 0.841. The molecule has 0 radical (unpaired) electrons. The van der Waals surface area contributed by atoms with Gasteiger partial charge in [0.15, 0.2) is 0 Å². The fourth-order valence-corrected chi connectivity index (χ4v) is 3.22. The molecular formula is C15H29NO2. The Bertz CT molecular complexity index is 247. The fourth-order valence-electron chi connectivity index (χ4n) is 3.22. The summed E-state index contributed by atoms with van der Waals surface area (Å²) in [5.74, 6) is 1.09. The fraction of sp³-hybridized carbons (Fsp3) is 0.933. The predicted molar refractivity (Wildman–Crippen MR) is 74.7 cm³/mol. The van der Waals surface area contributed by atoms with Gasteiger partial charge in [0.25, 0.3) is 0 Å². The summed E-state index contributed by atoms with van der Waals surface area (Å²) in [6.45, 7) is 9.52. The van der Waals surface area contributed by atoms with E-state index >= 15 is 0 Å². The molecule has 0 amide bonds. The molecule has 18 heavy (non-hydrogen) atoms. The lowest BCUT2D eigenvalue weighted by atomic mass is 9.96. The second-order valence-electron chi connectivity index (χ2n) is 5.70. The van der Waals surface area contributed by atoms with Crippen molar-refractivity contribution in [2.75, 3.05) is 19.6 Å². The van der Waals surface area contributed by atoms with Gasteiger partial charge in [0.2, 0.25) is 0 Å². The molecule has 2 rings (SSSR count). The Morgan fingerprint density at radius 2 is 1.78 bits per heavy atom. The first-order valence-electron chi connectivity index (χ1n) is 7.60. The zero-order valence-corrected chi connectivity index (χ0v) is 12.2. The van der Waals surface area contributed by atoms with Crippen molar-refractivity contribution < 1.29 is 9.90 Å². The predicted octanol–water partition coefficient (Wildman–Crippen LogP) is 3.25. The van der Waals surface area contributed by atoms with Crippen molar-refractivity contribution in [2.24, 2.45) is 17.8 Å². The van der Waals surface area contributed by atoms with Crippen LogP contribution in [0, 0.1) is 17.8 Å². The minimum absolute atomic E-state index is 0.0845. The van der Waals surface area contributed by atoms with Gasteiger partial charge in [0, 0.05) is 6.54 Å². The lowest BCUT2D eigenvalue weighted by Crippen LogP contribution is -2.38. The smallest absolute Gasteiger partial charge is 0.306 e. The van der Waals surface area contributed by atoms with Crippen LogP contribution in [0.1, 0.15) is 52.9 Å². The van der Waals surface area contributed by atoms with Crippen molar-refractivity contribution in [3.63, 3.8) is 0 Å². The van der Waals surface area contributed by atoms with Crippen molar-refractivity contribution in [3.05, 3.63) is 0 Å². The Labute approximate surface area is 112 Å². The highest BCUT2D eigenvalue weighted by molar-refractivity contribution is 5.70. The van der Waals surface area contributed by atoms with Crippen molar-refractivity contribution in [2.45, 2.75) is 52.9 Å². The zero-order chi connectivity index (χ0) is 13.5. The molecule has 3 heteroatoms. The molecule has 3 nitrogen and oxygen atoms in total. The highest BCUT2D eigenvalue weighted by Crippen LogP contribution is 2.31. The number of carboxylic acid groups (broad SMARTS) is 1. The molecule has 0 aromatic heterocycles. The molecule has 2 fully saturated rings. The van der Waals surface area contributed by atoms with Crippen molar-refractivity contribution in [1.29, 1.82) is 0 Å². The first kappa shape index (κ1) is 15.5. The van der Waals surface area contributed by atoms with Gasteiger partial charge in [0.05, 0.1) is 5.92 Å². The summed E-state index contributed by atoms with van der Waals surface area (Å²) >= 11 is 0. The molecule has 2 aliphatic rings. The standard InChI is InChI=1S/C13H23NO2.C2H6/c1-10-2-3-11(8-10)9-14-6-4-12(5-7-14)13(15)16;1-2/h10-12H,2-9H2,1H3,(H,15,16);1-2H3. The van der Waals surface area contributed by atoms with E-state index in [-0.39, 0.29) is 5.92 Å². The number of hydrogen-bond donors (Lipinski definition) is 1. The van der Waals surface area contributed by atoms with Gasteiger partial charge < -0.3 is 10.0 Å². The average Bonchev–Trinajstić information content (AvgIpc) is 2.78. The SMILES string of the molecule is CC.CC1CCC(CN2CCC(C(=O)O)CC2)C1. The molecule has 1 N–H and O–H groups in total. The van der Waals surface area contributed by atoms with E-state index < -0.39 is 5.97 Å². The first-order valence-corrected chi connectivity index (χ1v) is 7.60. The molecule has 106 valence electrons. The number of nitrogens with zero attached hydrogens (tertiary/aromatic N) is 1. The van der Waals surface area contributed by atoms with Gasteiger partial charge in [-0.25, -0.2) is 0 Å². The molecule has 0 bridgehead atoms. The maximum Gasteiger partial charge on any atom is 0.306 e. The van der Waals surface area contributed by atoms with Crippen LogP contribution in [0.3, 0.4) is 0 Å². The molecule has 2 atom stereocenters. The summed E-state index contributed by atoms with van der Waals surface area (Å²) in [5.41, 5.74) is 0. The van der Waals surface area contributed by atoms with Crippen molar-refractivity contribution >= 4 is 5.97 Å². The normalized spacial score (nSPS) is 29.7. The molecule has 1 aliphatic heterocycles. The number of rotatable bonds is 3. The molecule has 0 aromatic carbocycles. The third-order valence-electron chi connectivity index (χ3n) is 4.26. The number of piperidine rings is 1. The summed E-state index contributed by atoms with van der Waals surface area (Å²) in [6, 6.07) is 0. The van der Waals surface area contributed by atoms with Crippen molar-refractivity contribution in [1.82, 2.24) is 4.90 Å². The molecule has 1 aliphatic carbocycles. The largest absolute Gasteiger partial charge is 0.481 e. The average molecular weight is 255 g/mol. The van der Waals surface area contributed by atoms with Crippen LogP contribution in [0.25, 0.3) is 0 Å². The van der Waals surface area contributed by atoms with E-state index in [4.69, 9.17) is 5.11 Å². The van der Waals surface area contributed by atoms with Crippen LogP contribution in [-0.2, 0) is 4.79 Å². The zero-order valence-electron chi connectivity index (χ0n) is 12.2. The van der Waals surface area contributed by atoms with Crippen LogP contribution in [0.5, 0.6) is 0 Å². The van der Waals surface area contributed by atoms with Gasteiger partial charge in [-0.3, -0.25) is 4.79 Å². The van der Waals surface area contributed by atoms with E-state index in [0.29, 0.717) is 0 Å². The third-order valence-corrected chi connectivity index (χ3v) is 4.26. The van der Waals surface area contributed by atoms with E-state index in [1.54, 1.807) is 0 Å². The molecule has 1 saturated heterocycles. The van der Waals surface area contributed by atoms with Crippen LogP contribution < -0.4 is 0 Å². The highest BCUT2D eigenvalue weighted by Gasteiger charge is 2.28. The minimum Gasteiger partial charge on any atom is -0.481 e. The number of hydrogen-bond acceptors (Lipinski definition) is 2. The number of aliphatic carboxylic acids is 1. The Balaban J connectivity index is 0.000000771. The molecule has 2 unspecified atom stereocenters. The van der Waals surface area contributed by atoms with Crippen LogP contribution in [0.2, 0.25) is 0 Å². The van der Waals surface area contributed by atoms with Gasteiger partial charge in [0.1, 0.15) is 0 Å². The van der Waals surface area contributed by atoms with E-state index in [2.05, 4.69) is 11.8 Å². The number of likely N-dealkylation sites (tertiary alicyclic amines) is 1. The molecule has 1 heterocycles. The highest BCUT2D eigenvalue weighted by atomic mass is 16.4. The van der Waals surface area contributed by atoms with E-state index in [1.165, 1.54) is 25.8 Å². The molecule has 0 aromatic rings. The molecule has 0 spiro atoms. The minimum atomic E-state index is -0.603.